The lowest BCUT2D eigenvalue weighted by atomic mass is 10.1. The van der Waals surface area contributed by atoms with Crippen LogP contribution in [0.25, 0.3) is 33.5 Å². The first kappa shape index (κ1) is 30.6. The Balaban J connectivity index is 1.40. The lowest BCUT2D eigenvalue weighted by Gasteiger charge is -2.16. The topological polar surface area (TPSA) is 116 Å². The lowest BCUT2D eigenvalue weighted by Crippen LogP contribution is -2.20. The fourth-order valence-corrected chi connectivity index (χ4v) is 5.75. The molecule has 0 fully saturated rings. The van der Waals surface area contributed by atoms with E-state index in [2.05, 4.69) is 37.0 Å². The molecule has 226 valence electrons. The predicted molar refractivity (Wildman–Crippen MR) is 180 cm³/mol. The molecule has 0 aliphatic heterocycles. The van der Waals surface area contributed by atoms with Gasteiger partial charge in [-0.2, -0.15) is 9.78 Å². The van der Waals surface area contributed by atoms with Crippen molar-refractivity contribution in [2.45, 2.75) is 13.5 Å². The molecule has 2 heterocycles. The Morgan fingerprint density at radius 1 is 1.04 bits per heavy atom. The van der Waals surface area contributed by atoms with Crippen molar-refractivity contribution in [1.82, 2.24) is 9.66 Å². The summed E-state index contributed by atoms with van der Waals surface area (Å²) in [5.41, 5.74) is 2.28. The number of carbonyl (C=O) groups is 1. The van der Waals surface area contributed by atoms with Gasteiger partial charge in [-0.3, -0.25) is 4.79 Å². The van der Waals surface area contributed by atoms with Crippen LogP contribution in [0.3, 0.4) is 0 Å². The second-order valence-corrected chi connectivity index (χ2v) is 11.8. The first-order chi connectivity index (χ1) is 21.7. The van der Waals surface area contributed by atoms with E-state index in [1.165, 1.54) is 23.0 Å². The maximum absolute atomic E-state index is 13.7. The first-order valence-electron chi connectivity index (χ1n) is 13.6. The van der Waals surface area contributed by atoms with Gasteiger partial charge in [-0.1, -0.05) is 35.9 Å². The number of aromatic carboxylic acids is 1. The van der Waals surface area contributed by atoms with Crippen molar-refractivity contribution < 1.29 is 23.8 Å². The van der Waals surface area contributed by atoms with Crippen LogP contribution < -0.4 is 15.0 Å². The molecule has 9 nitrogen and oxygen atoms in total. The number of furan rings is 1. The monoisotopic (exact) mass is 749 g/mol. The molecule has 6 aromatic rings. The number of nitrogens with zero attached hydrogens (tertiary/aromatic N) is 3. The summed E-state index contributed by atoms with van der Waals surface area (Å²) in [4.78, 5) is 29.6. The third-order valence-corrected chi connectivity index (χ3v) is 9.18. The number of benzene rings is 4. The van der Waals surface area contributed by atoms with E-state index < -0.39 is 5.97 Å². The molecule has 0 saturated heterocycles. The summed E-state index contributed by atoms with van der Waals surface area (Å²) in [6.07, 6.45) is 1.52. The van der Waals surface area contributed by atoms with Crippen molar-refractivity contribution in [3.8, 4) is 23.1 Å². The molecule has 0 atom stereocenters. The summed E-state index contributed by atoms with van der Waals surface area (Å²) in [6, 6.07) is 22.2. The van der Waals surface area contributed by atoms with Gasteiger partial charge >= 0.3 is 5.97 Å². The Labute approximate surface area is 277 Å². The number of aromatic nitrogens is 2. The fourth-order valence-electron chi connectivity index (χ4n) is 4.63. The van der Waals surface area contributed by atoms with Crippen LogP contribution in [0, 0.1) is 0 Å². The average molecular weight is 752 g/mol. The number of hydrogen-bond donors (Lipinski definition) is 1. The number of hydrogen-bond acceptors (Lipinski definition) is 7. The zero-order chi connectivity index (χ0) is 31.7. The summed E-state index contributed by atoms with van der Waals surface area (Å²) >= 11 is 13.4. The van der Waals surface area contributed by atoms with Crippen LogP contribution in [0.1, 0.15) is 28.4 Å². The van der Waals surface area contributed by atoms with Gasteiger partial charge in [0.15, 0.2) is 17.3 Å². The van der Waals surface area contributed by atoms with Gasteiger partial charge in [0, 0.05) is 20.4 Å². The van der Waals surface area contributed by atoms with Gasteiger partial charge in [0.2, 0.25) is 5.82 Å². The highest BCUT2D eigenvalue weighted by molar-refractivity contribution is 9.13. The normalized spacial score (nSPS) is 11.5. The highest BCUT2D eigenvalue weighted by atomic mass is 79.9. The van der Waals surface area contributed by atoms with Gasteiger partial charge in [-0.15, -0.1) is 0 Å². The van der Waals surface area contributed by atoms with Crippen LogP contribution >= 0.6 is 43.5 Å². The average Bonchev–Trinajstić information content (AvgIpc) is 3.46. The molecule has 0 amide bonds. The van der Waals surface area contributed by atoms with Crippen LogP contribution in [0.4, 0.5) is 0 Å². The third kappa shape index (κ3) is 6.24. The minimum atomic E-state index is -0.999. The summed E-state index contributed by atoms with van der Waals surface area (Å²) in [6.45, 7) is 2.39. The smallest absolute Gasteiger partial charge is 0.335 e. The zero-order valence-electron chi connectivity index (χ0n) is 23.5. The van der Waals surface area contributed by atoms with Gasteiger partial charge < -0.3 is 19.0 Å². The Kier molecular flexibility index (Phi) is 8.75. The molecule has 0 radical (unpaired) electrons. The summed E-state index contributed by atoms with van der Waals surface area (Å²) < 4.78 is 20.4. The third-order valence-electron chi connectivity index (χ3n) is 6.80. The number of halogens is 3. The Morgan fingerprint density at radius 3 is 2.58 bits per heavy atom. The zero-order valence-corrected chi connectivity index (χ0v) is 27.4. The van der Waals surface area contributed by atoms with Crippen LogP contribution in [0.15, 0.2) is 102 Å². The number of carboxylic acids is 1. The molecule has 0 bridgehead atoms. The van der Waals surface area contributed by atoms with Crippen LogP contribution in [0.5, 0.6) is 11.5 Å². The van der Waals surface area contributed by atoms with Gasteiger partial charge in [-0.05, 0) is 98.9 Å². The van der Waals surface area contributed by atoms with Gasteiger partial charge in [0.05, 0.1) is 33.8 Å². The van der Waals surface area contributed by atoms with E-state index in [1.54, 1.807) is 60.7 Å². The molecule has 0 spiro atoms. The molecule has 4 aromatic carbocycles. The summed E-state index contributed by atoms with van der Waals surface area (Å²) in [5, 5.41) is 15.4. The molecule has 6 rings (SSSR count). The highest BCUT2D eigenvalue weighted by Crippen LogP contribution is 2.43. The Morgan fingerprint density at radius 2 is 1.82 bits per heavy atom. The minimum Gasteiger partial charge on any atom is -0.490 e. The van der Waals surface area contributed by atoms with E-state index in [9.17, 15) is 9.59 Å². The fraction of sp³-hybridized carbons (Fsp3) is 0.0909. The van der Waals surface area contributed by atoms with E-state index in [0.29, 0.717) is 59.9 Å². The van der Waals surface area contributed by atoms with Crippen molar-refractivity contribution in [1.29, 1.82) is 0 Å². The van der Waals surface area contributed by atoms with Gasteiger partial charge in [-0.25, -0.2) is 9.78 Å². The molecule has 1 N–H and O–H groups in total. The summed E-state index contributed by atoms with van der Waals surface area (Å²) in [7, 11) is 0. The quantitative estimate of drug-likeness (QED) is 0.147. The number of rotatable bonds is 9. The largest absolute Gasteiger partial charge is 0.490 e. The number of carboxylic acid groups (broad SMARTS) is 1. The Hall–Kier alpha value is -4.45. The van der Waals surface area contributed by atoms with Crippen molar-refractivity contribution in [3.63, 3.8) is 0 Å². The van der Waals surface area contributed by atoms with E-state index in [-0.39, 0.29) is 23.6 Å². The van der Waals surface area contributed by atoms with Gasteiger partial charge in [0.1, 0.15) is 12.2 Å². The minimum absolute atomic E-state index is 0.169. The lowest BCUT2D eigenvalue weighted by molar-refractivity contribution is 0.0697. The van der Waals surface area contributed by atoms with Crippen molar-refractivity contribution in [2.24, 2.45) is 5.10 Å². The van der Waals surface area contributed by atoms with Crippen LogP contribution in [-0.2, 0) is 6.61 Å². The van der Waals surface area contributed by atoms with Crippen LogP contribution in [0.2, 0.25) is 5.02 Å². The predicted octanol–water partition coefficient (Wildman–Crippen LogP) is 8.55. The standard InChI is InChI=1S/C33H22Br2ClN3O6/c1-2-43-26-15-21(28(34)29(35)30(26)44-17-18-7-9-19(10-8-18)33(41)42)16-37-39-31(38-24-6-4-3-5-23(24)32(39)40)27-14-20-13-22(36)11-12-25(20)45-27/h3-16H,2,17H2,1H3,(H,41,42). The van der Waals surface area contributed by atoms with E-state index in [4.69, 9.17) is 35.6 Å². The molecule has 12 heteroatoms. The number of ether oxygens (including phenoxy) is 2. The van der Waals surface area contributed by atoms with E-state index >= 15 is 0 Å². The molecule has 0 saturated carbocycles. The molecule has 0 aliphatic carbocycles. The maximum atomic E-state index is 13.7. The van der Waals surface area contributed by atoms with Crippen LogP contribution in [-0.4, -0.2) is 33.6 Å². The number of para-hydroxylation sites is 1. The Bertz CT molecular complexity index is 2180. The second kappa shape index (κ2) is 12.9. The highest BCUT2D eigenvalue weighted by Gasteiger charge is 2.19. The van der Waals surface area contributed by atoms with Crippen molar-refractivity contribution in [2.75, 3.05) is 6.61 Å². The first-order valence-corrected chi connectivity index (χ1v) is 15.6. The molecular formula is C33H22Br2ClN3O6. The molecule has 0 unspecified atom stereocenters. The molecule has 45 heavy (non-hydrogen) atoms. The van der Waals surface area contributed by atoms with Gasteiger partial charge in [0.25, 0.3) is 5.56 Å². The van der Waals surface area contributed by atoms with Crippen molar-refractivity contribution >= 4 is 77.5 Å². The maximum Gasteiger partial charge on any atom is 0.335 e. The molecular weight excluding hydrogens is 730 g/mol. The SMILES string of the molecule is CCOc1cc(C=Nn2c(-c3cc4cc(Cl)ccc4o3)nc3ccccc3c2=O)c(Br)c(Br)c1OCc1ccc(C(=O)O)cc1. The van der Waals surface area contributed by atoms with E-state index in [1.807, 2.05) is 13.0 Å². The molecule has 2 aromatic heterocycles. The second-order valence-electron chi connectivity index (χ2n) is 9.75. The van der Waals surface area contributed by atoms with Crippen molar-refractivity contribution in [3.05, 3.63) is 120 Å². The summed E-state index contributed by atoms with van der Waals surface area (Å²) in [5.74, 6) is 0.448. The number of fused-ring (bicyclic) bond motifs is 2. The molecule has 0 aliphatic rings. The van der Waals surface area contributed by atoms with E-state index in [0.717, 1.165) is 10.9 Å².